The Kier molecular flexibility index (Phi) is 6.94. The highest BCUT2D eigenvalue weighted by Gasteiger charge is 2.45. The minimum Gasteiger partial charge on any atom is -0.491 e. The highest BCUT2D eigenvalue weighted by Crippen LogP contribution is 2.42. The van der Waals surface area contributed by atoms with Crippen LogP contribution < -0.4 is 20.8 Å². The zero-order valence-corrected chi connectivity index (χ0v) is 21.2. The topological polar surface area (TPSA) is 92.7 Å². The van der Waals surface area contributed by atoms with Gasteiger partial charge < -0.3 is 24.8 Å². The van der Waals surface area contributed by atoms with Gasteiger partial charge in [-0.15, -0.1) is 0 Å². The fourth-order valence-corrected chi connectivity index (χ4v) is 5.34. The van der Waals surface area contributed by atoms with E-state index in [0.29, 0.717) is 31.7 Å². The van der Waals surface area contributed by atoms with Gasteiger partial charge in [-0.05, 0) is 48.5 Å². The molecule has 2 aromatic rings. The number of nitrogens with one attached hydrogen (secondary N) is 2. The third-order valence-electron chi connectivity index (χ3n) is 6.32. The Morgan fingerprint density at radius 1 is 1.24 bits per heavy atom. The van der Waals surface area contributed by atoms with Gasteiger partial charge in [0.25, 0.3) is 11.8 Å². The zero-order valence-electron chi connectivity index (χ0n) is 19.0. The van der Waals surface area contributed by atoms with Crippen molar-refractivity contribution in [1.82, 2.24) is 20.1 Å². The maximum Gasteiger partial charge on any atom is 0.274 e. The fourth-order valence-electron chi connectivity index (χ4n) is 4.81. The highest BCUT2D eigenvalue weighted by molar-refractivity contribution is 14.1. The molecular weight excluding hydrogens is 561 g/mol. The van der Waals surface area contributed by atoms with Crippen LogP contribution in [0.2, 0.25) is 0 Å². The van der Waals surface area contributed by atoms with E-state index in [1.165, 1.54) is 13.2 Å². The van der Waals surface area contributed by atoms with E-state index in [2.05, 4.69) is 10.6 Å². The molecule has 1 aromatic carbocycles. The van der Waals surface area contributed by atoms with Crippen LogP contribution in [-0.4, -0.2) is 48.0 Å². The lowest BCUT2D eigenvalue weighted by molar-refractivity contribution is 0.0674. The molecule has 2 N–H and O–H groups in total. The molecule has 2 aliphatic heterocycles. The van der Waals surface area contributed by atoms with Crippen molar-refractivity contribution in [3.05, 3.63) is 60.1 Å². The molecular formula is C23H25F2IN4O4. The molecule has 0 saturated carbocycles. The van der Waals surface area contributed by atoms with Crippen molar-refractivity contribution in [2.45, 2.75) is 38.9 Å². The molecule has 8 nitrogen and oxygen atoms in total. The van der Waals surface area contributed by atoms with Gasteiger partial charge in [0.15, 0.2) is 11.4 Å². The average Bonchev–Trinajstić information content (AvgIpc) is 3.15. The summed E-state index contributed by atoms with van der Waals surface area (Å²) in [6, 6.07) is 1.63. The van der Waals surface area contributed by atoms with Crippen LogP contribution in [0.1, 0.15) is 64.5 Å². The number of pyridine rings is 1. The van der Waals surface area contributed by atoms with Crippen LogP contribution in [0.4, 0.5) is 8.78 Å². The molecule has 0 aliphatic carbocycles. The number of methoxy groups -OCH3 is 1. The molecule has 0 saturated heterocycles. The van der Waals surface area contributed by atoms with Gasteiger partial charge >= 0.3 is 0 Å². The van der Waals surface area contributed by atoms with Crippen molar-refractivity contribution in [1.29, 1.82) is 0 Å². The van der Waals surface area contributed by atoms with Crippen molar-refractivity contribution >= 4 is 34.4 Å². The van der Waals surface area contributed by atoms with E-state index < -0.39 is 23.0 Å². The number of hydrogen-bond acceptors (Lipinski definition) is 5. The van der Waals surface area contributed by atoms with E-state index in [1.54, 1.807) is 32.1 Å². The van der Waals surface area contributed by atoms with Crippen LogP contribution >= 0.6 is 22.6 Å². The van der Waals surface area contributed by atoms with Crippen molar-refractivity contribution in [3.63, 3.8) is 0 Å². The summed E-state index contributed by atoms with van der Waals surface area (Å²) < 4.78 is 35.1. The number of nitrogens with zero attached hydrogens (tertiary/aromatic N) is 2. The molecule has 0 fully saturated rings. The maximum atomic E-state index is 14.2. The highest BCUT2D eigenvalue weighted by atomic mass is 127. The number of aromatic nitrogens is 1. The quantitative estimate of drug-likeness (QED) is 0.385. The van der Waals surface area contributed by atoms with Gasteiger partial charge in [0.1, 0.15) is 17.2 Å². The summed E-state index contributed by atoms with van der Waals surface area (Å²) in [5.74, 6) is -2.69. The number of halogens is 3. The maximum absolute atomic E-state index is 14.2. The first-order valence-electron chi connectivity index (χ1n) is 11.0. The summed E-state index contributed by atoms with van der Waals surface area (Å²) in [6.45, 7) is 5.09. The van der Waals surface area contributed by atoms with Crippen LogP contribution in [0.25, 0.3) is 0 Å². The first kappa shape index (κ1) is 24.6. The number of ether oxygens (including phenoxy) is 1. The second kappa shape index (κ2) is 9.61. The lowest BCUT2D eigenvalue weighted by Crippen LogP contribution is -2.45. The molecule has 0 spiro atoms. The lowest BCUT2D eigenvalue weighted by atomic mass is 10.0. The Labute approximate surface area is 208 Å². The van der Waals surface area contributed by atoms with Crippen molar-refractivity contribution in [2.75, 3.05) is 26.7 Å². The summed E-state index contributed by atoms with van der Waals surface area (Å²) >= 11 is 1.74. The van der Waals surface area contributed by atoms with Crippen molar-refractivity contribution in [3.8, 4) is 5.75 Å². The monoisotopic (exact) mass is 586 g/mol. The van der Waals surface area contributed by atoms with Crippen molar-refractivity contribution in [2.24, 2.45) is 0 Å². The van der Waals surface area contributed by atoms with Gasteiger partial charge in [-0.3, -0.25) is 14.4 Å². The molecule has 0 bridgehead atoms. The summed E-state index contributed by atoms with van der Waals surface area (Å²) in [6.07, 6.45) is 0.599. The summed E-state index contributed by atoms with van der Waals surface area (Å²) in [5, 5.41) is 5.90. The number of likely N-dealkylation sites (N-methyl/N-ethyl adjacent to an activating group) is 1. The number of carbonyl (C=O) groups is 2. The van der Waals surface area contributed by atoms with E-state index in [0.717, 1.165) is 6.07 Å². The smallest absolute Gasteiger partial charge is 0.274 e. The van der Waals surface area contributed by atoms with Gasteiger partial charge in [0, 0.05) is 34.8 Å². The number of rotatable bonds is 7. The van der Waals surface area contributed by atoms with Crippen LogP contribution in [0.15, 0.2) is 16.9 Å². The number of carbonyl (C=O) groups excluding carboxylic acids is 2. The zero-order chi connectivity index (χ0) is 24.7. The van der Waals surface area contributed by atoms with E-state index >= 15 is 0 Å². The Morgan fingerprint density at radius 3 is 2.62 bits per heavy atom. The molecule has 34 heavy (non-hydrogen) atoms. The second-order valence-corrected chi connectivity index (χ2v) is 9.39. The predicted molar refractivity (Wildman–Crippen MR) is 129 cm³/mol. The first-order chi connectivity index (χ1) is 16.2. The SMILES string of the molecule is CCN[C@H]1C[C@@H]2CN(CC)C(=O)c3c(OC)c(=O)c(C(=O)NCc4cc(I)c(F)cc4F)c1n32. The molecule has 0 unspecified atom stereocenters. The minimum atomic E-state index is -0.793. The van der Waals surface area contributed by atoms with E-state index in [9.17, 15) is 23.2 Å². The number of benzene rings is 1. The largest absolute Gasteiger partial charge is 0.491 e. The van der Waals surface area contributed by atoms with Gasteiger partial charge in [-0.25, -0.2) is 8.78 Å². The molecule has 2 atom stereocenters. The Morgan fingerprint density at radius 2 is 1.97 bits per heavy atom. The third-order valence-corrected chi connectivity index (χ3v) is 7.15. The Balaban J connectivity index is 1.81. The molecule has 182 valence electrons. The summed E-state index contributed by atoms with van der Waals surface area (Å²) in [4.78, 5) is 41.6. The molecule has 2 amide bonds. The normalized spacial score (nSPS) is 18.8. The Hall–Kier alpha value is -2.54. The lowest BCUT2D eigenvalue weighted by Gasteiger charge is -2.34. The van der Waals surface area contributed by atoms with Crippen LogP contribution in [0.3, 0.4) is 0 Å². The Bertz CT molecular complexity index is 1230. The fraction of sp³-hybridized carbons (Fsp3) is 0.435. The van der Waals surface area contributed by atoms with Gasteiger partial charge in [-0.1, -0.05) is 6.92 Å². The average molecular weight is 586 g/mol. The van der Waals surface area contributed by atoms with Crippen LogP contribution in [0.5, 0.6) is 5.75 Å². The number of hydrogen-bond donors (Lipinski definition) is 2. The molecule has 3 heterocycles. The van der Waals surface area contributed by atoms with Gasteiger partial charge in [0.05, 0.1) is 24.9 Å². The molecule has 1 aromatic heterocycles. The first-order valence-corrected chi connectivity index (χ1v) is 12.1. The molecule has 0 radical (unpaired) electrons. The second-order valence-electron chi connectivity index (χ2n) is 8.23. The number of amides is 2. The van der Waals surface area contributed by atoms with E-state index in [-0.39, 0.29) is 50.7 Å². The van der Waals surface area contributed by atoms with Crippen LogP contribution in [-0.2, 0) is 6.54 Å². The third kappa shape index (κ3) is 3.98. The van der Waals surface area contributed by atoms with Crippen LogP contribution in [0, 0.1) is 15.2 Å². The van der Waals surface area contributed by atoms with Crippen molar-refractivity contribution < 1.29 is 23.1 Å². The van der Waals surface area contributed by atoms with E-state index in [1.807, 2.05) is 13.8 Å². The van der Waals surface area contributed by atoms with E-state index in [4.69, 9.17) is 4.74 Å². The molecule has 11 heteroatoms. The predicted octanol–water partition coefficient (Wildman–Crippen LogP) is 2.74. The van der Waals surface area contributed by atoms with Gasteiger partial charge in [0.2, 0.25) is 5.43 Å². The summed E-state index contributed by atoms with van der Waals surface area (Å²) in [7, 11) is 1.29. The summed E-state index contributed by atoms with van der Waals surface area (Å²) in [5.41, 5.74) is -0.148. The standard InChI is InChI=1S/C23H25F2IN4O4/c1-4-27-16-7-12-10-29(5-2)23(33)19-21(34-3)20(31)17(18(16)30(12)19)22(32)28-9-11-6-15(26)14(25)8-13(11)24/h6,8,12,16,27H,4-5,7,9-10H2,1-3H3,(H,28,32)/t12-,16+/m1/s1. The minimum absolute atomic E-state index is 0.0930. The molecule has 4 rings (SSSR count). The van der Waals surface area contributed by atoms with Gasteiger partial charge in [-0.2, -0.15) is 0 Å². The molecule has 2 aliphatic rings.